The number of amides is 2. The molecule has 1 aromatic carbocycles. The molecule has 2 amide bonds. The molecular formula is C19H24N2O4. The second-order valence-electron chi connectivity index (χ2n) is 7.02. The van der Waals surface area contributed by atoms with Gasteiger partial charge in [-0.25, -0.2) is 0 Å². The van der Waals surface area contributed by atoms with Gasteiger partial charge in [0.15, 0.2) is 0 Å². The molecule has 0 aliphatic carbocycles. The lowest BCUT2D eigenvalue weighted by molar-refractivity contribution is -0.148. The number of hydrogen-bond acceptors (Lipinski definition) is 3. The van der Waals surface area contributed by atoms with Gasteiger partial charge < -0.3 is 14.9 Å². The number of carboxylic acid groups (broad SMARTS) is 1. The number of nitrogens with zero attached hydrogens (tertiary/aromatic N) is 2. The zero-order valence-corrected chi connectivity index (χ0v) is 14.4. The number of benzene rings is 1. The molecule has 1 unspecified atom stereocenters. The van der Waals surface area contributed by atoms with Crippen LogP contribution in [-0.2, 0) is 14.4 Å². The largest absolute Gasteiger partial charge is 0.481 e. The summed E-state index contributed by atoms with van der Waals surface area (Å²) in [7, 11) is 0. The van der Waals surface area contributed by atoms with E-state index in [1.807, 2.05) is 37.3 Å². The zero-order valence-electron chi connectivity index (χ0n) is 14.4. The predicted molar refractivity (Wildman–Crippen MR) is 91.6 cm³/mol. The molecular weight excluding hydrogens is 320 g/mol. The Morgan fingerprint density at radius 3 is 2.48 bits per heavy atom. The third-order valence-corrected chi connectivity index (χ3v) is 5.26. The molecule has 1 aromatic rings. The van der Waals surface area contributed by atoms with E-state index in [0.717, 1.165) is 18.4 Å². The third-order valence-electron chi connectivity index (χ3n) is 5.26. The molecule has 0 bridgehead atoms. The summed E-state index contributed by atoms with van der Waals surface area (Å²) in [5.41, 5.74) is 0.786. The molecule has 6 heteroatoms. The molecule has 0 saturated carbocycles. The SMILES string of the molecule is C[C@@H]1CN(C(=O)C(c2ccccc2)N2CCCCC2=O)C[C@H]1C(=O)O. The van der Waals surface area contributed by atoms with E-state index in [-0.39, 0.29) is 24.3 Å². The van der Waals surface area contributed by atoms with E-state index in [1.165, 1.54) is 0 Å². The van der Waals surface area contributed by atoms with Crippen molar-refractivity contribution >= 4 is 17.8 Å². The van der Waals surface area contributed by atoms with E-state index in [9.17, 15) is 19.5 Å². The van der Waals surface area contributed by atoms with Gasteiger partial charge >= 0.3 is 5.97 Å². The standard InChI is InChI=1S/C19H24N2O4/c1-13-11-20(12-15(13)19(24)25)18(23)17(14-7-3-2-4-8-14)21-10-6-5-9-16(21)22/h2-4,7-8,13,15,17H,5-6,9-12H2,1H3,(H,24,25)/t13-,15-,17?/m1/s1. The van der Waals surface area contributed by atoms with Crippen molar-refractivity contribution < 1.29 is 19.5 Å². The van der Waals surface area contributed by atoms with Crippen LogP contribution >= 0.6 is 0 Å². The van der Waals surface area contributed by atoms with Gasteiger partial charge in [0, 0.05) is 26.1 Å². The van der Waals surface area contributed by atoms with Crippen LogP contribution in [0.15, 0.2) is 30.3 Å². The fourth-order valence-corrected chi connectivity index (χ4v) is 3.83. The van der Waals surface area contributed by atoms with Gasteiger partial charge in [-0.05, 0) is 24.3 Å². The summed E-state index contributed by atoms with van der Waals surface area (Å²) in [6, 6.07) is 8.65. The van der Waals surface area contributed by atoms with E-state index >= 15 is 0 Å². The molecule has 0 radical (unpaired) electrons. The topological polar surface area (TPSA) is 77.9 Å². The van der Waals surface area contributed by atoms with Crippen LogP contribution in [0.2, 0.25) is 0 Å². The molecule has 2 aliphatic heterocycles. The van der Waals surface area contributed by atoms with Gasteiger partial charge in [-0.3, -0.25) is 14.4 Å². The van der Waals surface area contributed by atoms with Gasteiger partial charge in [0.25, 0.3) is 0 Å². The monoisotopic (exact) mass is 344 g/mol. The molecule has 134 valence electrons. The highest BCUT2D eigenvalue weighted by atomic mass is 16.4. The summed E-state index contributed by atoms with van der Waals surface area (Å²) in [5, 5.41) is 9.33. The maximum absolute atomic E-state index is 13.2. The molecule has 6 nitrogen and oxygen atoms in total. The molecule has 2 fully saturated rings. The van der Waals surface area contributed by atoms with Crippen molar-refractivity contribution in [1.82, 2.24) is 9.80 Å². The first-order valence-corrected chi connectivity index (χ1v) is 8.85. The maximum atomic E-state index is 13.2. The van der Waals surface area contributed by atoms with Crippen LogP contribution in [0.4, 0.5) is 0 Å². The third kappa shape index (κ3) is 3.52. The highest BCUT2D eigenvalue weighted by Crippen LogP contribution is 2.31. The number of rotatable bonds is 4. The molecule has 25 heavy (non-hydrogen) atoms. The van der Waals surface area contributed by atoms with Crippen molar-refractivity contribution in [3.63, 3.8) is 0 Å². The fourth-order valence-electron chi connectivity index (χ4n) is 3.83. The Labute approximate surface area is 147 Å². The molecule has 3 atom stereocenters. The minimum Gasteiger partial charge on any atom is -0.481 e. The molecule has 3 rings (SSSR count). The Kier molecular flexibility index (Phi) is 5.06. The molecule has 2 aliphatic rings. The lowest BCUT2D eigenvalue weighted by Crippen LogP contribution is -2.46. The van der Waals surface area contributed by atoms with Crippen LogP contribution in [0, 0.1) is 11.8 Å². The van der Waals surface area contributed by atoms with E-state index in [1.54, 1.807) is 9.80 Å². The summed E-state index contributed by atoms with van der Waals surface area (Å²) in [4.78, 5) is 40.3. The summed E-state index contributed by atoms with van der Waals surface area (Å²) in [6.07, 6.45) is 2.20. The number of carbonyl (C=O) groups excluding carboxylic acids is 2. The fraction of sp³-hybridized carbons (Fsp3) is 0.526. The Morgan fingerprint density at radius 2 is 1.88 bits per heavy atom. The minimum absolute atomic E-state index is 0.00418. The van der Waals surface area contributed by atoms with E-state index in [0.29, 0.717) is 19.5 Å². The highest BCUT2D eigenvalue weighted by molar-refractivity contribution is 5.89. The lowest BCUT2D eigenvalue weighted by atomic mass is 9.99. The molecule has 0 aromatic heterocycles. The van der Waals surface area contributed by atoms with Crippen LogP contribution in [-0.4, -0.2) is 52.3 Å². The van der Waals surface area contributed by atoms with Crippen molar-refractivity contribution in [2.75, 3.05) is 19.6 Å². The highest BCUT2D eigenvalue weighted by Gasteiger charge is 2.42. The van der Waals surface area contributed by atoms with E-state index in [2.05, 4.69) is 0 Å². The van der Waals surface area contributed by atoms with Gasteiger partial charge in [0.2, 0.25) is 11.8 Å². The molecule has 1 N–H and O–H groups in total. The minimum atomic E-state index is -0.867. The number of carboxylic acids is 1. The average molecular weight is 344 g/mol. The van der Waals surface area contributed by atoms with Crippen LogP contribution in [0.3, 0.4) is 0 Å². The number of piperidine rings is 1. The van der Waals surface area contributed by atoms with Crippen LogP contribution in [0.1, 0.15) is 37.8 Å². The van der Waals surface area contributed by atoms with E-state index in [4.69, 9.17) is 0 Å². The Hall–Kier alpha value is -2.37. The van der Waals surface area contributed by atoms with Crippen molar-refractivity contribution in [1.29, 1.82) is 0 Å². The van der Waals surface area contributed by atoms with Gasteiger partial charge in [-0.2, -0.15) is 0 Å². The Balaban J connectivity index is 1.88. The Morgan fingerprint density at radius 1 is 1.16 bits per heavy atom. The predicted octanol–water partition coefficient (Wildman–Crippen LogP) is 1.92. The summed E-state index contributed by atoms with van der Waals surface area (Å²) in [6.45, 7) is 3.05. The Bertz CT molecular complexity index is 661. The van der Waals surface area contributed by atoms with Gasteiger partial charge in [0.1, 0.15) is 6.04 Å². The summed E-state index contributed by atoms with van der Waals surface area (Å²) >= 11 is 0. The van der Waals surface area contributed by atoms with E-state index < -0.39 is 17.9 Å². The number of likely N-dealkylation sites (tertiary alicyclic amines) is 2. The number of hydrogen-bond donors (Lipinski definition) is 1. The first-order chi connectivity index (χ1) is 12.0. The van der Waals surface area contributed by atoms with Gasteiger partial charge in [-0.15, -0.1) is 0 Å². The smallest absolute Gasteiger partial charge is 0.308 e. The lowest BCUT2D eigenvalue weighted by Gasteiger charge is -2.36. The second kappa shape index (κ2) is 7.25. The normalized spacial score (nSPS) is 25.1. The van der Waals surface area contributed by atoms with Crippen molar-refractivity contribution in [2.24, 2.45) is 11.8 Å². The zero-order chi connectivity index (χ0) is 18.0. The van der Waals surface area contributed by atoms with Crippen LogP contribution in [0.5, 0.6) is 0 Å². The first kappa shape index (κ1) is 17.5. The van der Waals surface area contributed by atoms with Gasteiger partial charge in [0.05, 0.1) is 5.92 Å². The maximum Gasteiger partial charge on any atom is 0.308 e. The summed E-state index contributed by atoms with van der Waals surface area (Å²) in [5.74, 6) is -1.67. The molecule has 2 saturated heterocycles. The molecule has 0 spiro atoms. The summed E-state index contributed by atoms with van der Waals surface area (Å²) < 4.78 is 0. The molecule has 2 heterocycles. The number of aliphatic carboxylic acids is 1. The van der Waals surface area contributed by atoms with Crippen LogP contribution in [0.25, 0.3) is 0 Å². The number of carbonyl (C=O) groups is 3. The van der Waals surface area contributed by atoms with Crippen molar-refractivity contribution in [3.8, 4) is 0 Å². The van der Waals surface area contributed by atoms with Crippen molar-refractivity contribution in [3.05, 3.63) is 35.9 Å². The van der Waals surface area contributed by atoms with Gasteiger partial charge in [-0.1, -0.05) is 37.3 Å². The average Bonchev–Trinajstić information content (AvgIpc) is 3.00. The quantitative estimate of drug-likeness (QED) is 0.905. The second-order valence-corrected chi connectivity index (χ2v) is 7.02. The van der Waals surface area contributed by atoms with Crippen molar-refractivity contribution in [2.45, 2.75) is 32.2 Å². The van der Waals surface area contributed by atoms with Crippen LogP contribution < -0.4 is 0 Å². The first-order valence-electron chi connectivity index (χ1n) is 8.85.